The molecule has 1 aromatic carbocycles. The van der Waals surface area contributed by atoms with E-state index >= 15 is 0 Å². The molecule has 114 valence electrons. The fraction of sp³-hybridized carbons (Fsp3) is 0.0769. The van der Waals surface area contributed by atoms with Crippen LogP contribution in [0, 0.1) is 0 Å². The van der Waals surface area contributed by atoms with Crippen LogP contribution in [-0.4, -0.2) is 30.1 Å². The summed E-state index contributed by atoms with van der Waals surface area (Å²) in [4.78, 5) is 15.6. The third-order valence-electron chi connectivity index (χ3n) is 3.13. The number of nitrogens with zero attached hydrogens (tertiary/aromatic N) is 2. The second kappa shape index (κ2) is 4.97. The lowest BCUT2D eigenvalue weighted by atomic mass is 10.1. The molecule has 0 atom stereocenters. The number of ether oxygens (including phenoxy) is 1. The van der Waals surface area contributed by atoms with Crippen molar-refractivity contribution in [2.45, 2.75) is 4.90 Å². The maximum absolute atomic E-state index is 11.4. The van der Waals surface area contributed by atoms with Gasteiger partial charge in [0.1, 0.15) is 5.75 Å². The molecule has 2 heterocycles. The van der Waals surface area contributed by atoms with Crippen molar-refractivity contribution in [2.24, 2.45) is 5.14 Å². The Bertz CT molecular complexity index is 1020. The van der Waals surface area contributed by atoms with Gasteiger partial charge >= 0.3 is 0 Å². The summed E-state index contributed by atoms with van der Waals surface area (Å²) < 4.78 is 29.5. The molecule has 0 radical (unpaired) electrons. The minimum atomic E-state index is -3.82. The first-order valence-electron chi connectivity index (χ1n) is 6.18. The van der Waals surface area contributed by atoms with Crippen LogP contribution in [0.15, 0.2) is 46.2 Å². The number of H-pyrrole nitrogens is 1. The average Bonchev–Trinajstić information content (AvgIpc) is 2.88. The number of hydrogen-bond acceptors (Lipinski definition) is 5. The van der Waals surface area contributed by atoms with Crippen molar-refractivity contribution >= 4 is 15.7 Å². The number of nitrogens with one attached hydrogen (secondary N) is 1. The quantitative estimate of drug-likeness (QED) is 0.721. The van der Waals surface area contributed by atoms with E-state index in [0.29, 0.717) is 22.7 Å². The molecule has 3 aromatic rings. The van der Waals surface area contributed by atoms with Gasteiger partial charge < -0.3 is 4.74 Å². The summed E-state index contributed by atoms with van der Waals surface area (Å²) in [5.41, 5.74) is 1.40. The summed E-state index contributed by atoms with van der Waals surface area (Å²) in [5.74, 6) is 0.317. The Labute approximate surface area is 125 Å². The molecule has 2 aromatic heterocycles. The molecule has 0 saturated carbocycles. The van der Waals surface area contributed by atoms with Gasteiger partial charge in [0.15, 0.2) is 5.65 Å². The lowest BCUT2D eigenvalue weighted by molar-refractivity contribution is 0.415. The molecule has 3 rings (SSSR count). The molecule has 8 nitrogen and oxygen atoms in total. The number of aromatic amines is 1. The van der Waals surface area contributed by atoms with Crippen LogP contribution < -0.4 is 15.4 Å². The Hall–Kier alpha value is -2.65. The number of imidazole rings is 1. The van der Waals surface area contributed by atoms with Crippen LogP contribution in [0.4, 0.5) is 0 Å². The van der Waals surface area contributed by atoms with Gasteiger partial charge in [0.05, 0.1) is 23.9 Å². The smallest absolute Gasteiger partial charge is 0.262 e. The molecule has 9 heteroatoms. The number of primary sulfonamides is 1. The zero-order valence-electron chi connectivity index (χ0n) is 11.5. The molecule has 0 bridgehead atoms. The molecule has 3 N–H and O–H groups in total. The van der Waals surface area contributed by atoms with Crippen molar-refractivity contribution in [3.63, 3.8) is 0 Å². The highest BCUT2D eigenvalue weighted by atomic mass is 32.2. The first-order valence-corrected chi connectivity index (χ1v) is 7.73. The molecule has 0 aliphatic rings. The third kappa shape index (κ3) is 2.47. The van der Waals surface area contributed by atoms with Crippen LogP contribution in [0.1, 0.15) is 0 Å². The van der Waals surface area contributed by atoms with E-state index < -0.39 is 10.0 Å². The number of hydrogen-bond donors (Lipinski definition) is 2. The van der Waals surface area contributed by atoms with Gasteiger partial charge in [-0.3, -0.25) is 9.89 Å². The van der Waals surface area contributed by atoms with E-state index in [9.17, 15) is 13.2 Å². The average molecular weight is 320 g/mol. The number of fused-ring (bicyclic) bond motifs is 1. The lowest BCUT2D eigenvalue weighted by Crippen LogP contribution is -2.12. The maximum atomic E-state index is 11.4. The lowest BCUT2D eigenvalue weighted by Gasteiger charge is -2.07. The van der Waals surface area contributed by atoms with E-state index in [-0.39, 0.29) is 10.5 Å². The molecule has 0 amide bonds. The Morgan fingerprint density at radius 3 is 2.73 bits per heavy atom. The van der Waals surface area contributed by atoms with Crippen LogP contribution >= 0.6 is 0 Å². The molecule has 0 fully saturated rings. The van der Waals surface area contributed by atoms with Gasteiger partial charge in [0, 0.05) is 17.7 Å². The molecular weight excluding hydrogens is 308 g/mol. The number of sulfonamides is 1. The Balaban J connectivity index is 2.19. The van der Waals surface area contributed by atoms with Crippen molar-refractivity contribution in [1.29, 1.82) is 0 Å². The van der Waals surface area contributed by atoms with Gasteiger partial charge in [0.2, 0.25) is 10.0 Å². The number of rotatable bonds is 3. The van der Waals surface area contributed by atoms with Crippen molar-refractivity contribution < 1.29 is 13.2 Å². The highest BCUT2D eigenvalue weighted by Crippen LogP contribution is 2.31. The maximum Gasteiger partial charge on any atom is 0.262 e. The summed E-state index contributed by atoms with van der Waals surface area (Å²) in [7, 11) is -2.40. The van der Waals surface area contributed by atoms with Gasteiger partial charge in [-0.05, 0) is 18.2 Å². The highest BCUT2D eigenvalue weighted by molar-refractivity contribution is 7.89. The third-order valence-corrected chi connectivity index (χ3v) is 4.04. The summed E-state index contributed by atoms with van der Waals surface area (Å²) in [6.45, 7) is 0. The zero-order chi connectivity index (χ0) is 15.9. The van der Waals surface area contributed by atoms with Gasteiger partial charge in [0.25, 0.3) is 5.56 Å². The van der Waals surface area contributed by atoms with Gasteiger partial charge in [-0.2, -0.15) is 0 Å². The second-order valence-corrected chi connectivity index (χ2v) is 6.13. The van der Waals surface area contributed by atoms with Crippen molar-refractivity contribution in [3.05, 3.63) is 46.9 Å². The number of methoxy groups -OCH3 is 1. The summed E-state index contributed by atoms with van der Waals surface area (Å²) >= 11 is 0. The minimum Gasteiger partial charge on any atom is -0.496 e. The Morgan fingerprint density at radius 2 is 2.05 bits per heavy atom. The van der Waals surface area contributed by atoms with Crippen LogP contribution in [0.5, 0.6) is 5.75 Å². The van der Waals surface area contributed by atoms with Crippen LogP contribution in [0.25, 0.3) is 16.9 Å². The van der Waals surface area contributed by atoms with E-state index in [1.54, 1.807) is 18.3 Å². The van der Waals surface area contributed by atoms with Gasteiger partial charge in [-0.1, -0.05) is 0 Å². The summed E-state index contributed by atoms with van der Waals surface area (Å²) in [6, 6.07) is 7.21. The first-order chi connectivity index (χ1) is 10.4. The SMILES string of the molecule is COc1cc(S(N)(=O)=O)ccc1-c1cn2[nH]c(=O)ccc2n1. The van der Waals surface area contributed by atoms with Crippen molar-refractivity contribution in [1.82, 2.24) is 14.6 Å². The fourth-order valence-electron chi connectivity index (χ4n) is 2.10. The van der Waals surface area contributed by atoms with Crippen molar-refractivity contribution in [2.75, 3.05) is 7.11 Å². The molecule has 0 spiro atoms. The first kappa shape index (κ1) is 14.3. The van der Waals surface area contributed by atoms with E-state index in [0.717, 1.165) is 0 Å². The number of aromatic nitrogens is 3. The molecule has 0 aliphatic heterocycles. The largest absolute Gasteiger partial charge is 0.496 e. The van der Waals surface area contributed by atoms with Crippen molar-refractivity contribution in [3.8, 4) is 17.0 Å². The molecule has 0 aliphatic carbocycles. The number of benzene rings is 1. The molecule has 0 saturated heterocycles. The van der Waals surface area contributed by atoms with Crippen LogP contribution in [0.2, 0.25) is 0 Å². The topological polar surface area (TPSA) is 120 Å². The predicted molar refractivity (Wildman–Crippen MR) is 79.2 cm³/mol. The predicted octanol–water partition coefficient (Wildman–Crippen LogP) is 0.346. The molecular formula is C13H12N4O4S. The van der Waals surface area contributed by atoms with E-state index in [1.165, 1.54) is 29.8 Å². The van der Waals surface area contributed by atoms with E-state index in [4.69, 9.17) is 9.88 Å². The highest BCUT2D eigenvalue weighted by Gasteiger charge is 2.15. The molecule has 0 unspecified atom stereocenters. The van der Waals surface area contributed by atoms with Gasteiger partial charge in [-0.25, -0.2) is 23.1 Å². The zero-order valence-corrected chi connectivity index (χ0v) is 12.3. The minimum absolute atomic E-state index is 0.0507. The normalized spacial score (nSPS) is 11.7. The Morgan fingerprint density at radius 1 is 1.27 bits per heavy atom. The monoisotopic (exact) mass is 320 g/mol. The van der Waals surface area contributed by atoms with Crippen LogP contribution in [-0.2, 0) is 10.0 Å². The van der Waals surface area contributed by atoms with E-state index in [2.05, 4.69) is 10.1 Å². The van der Waals surface area contributed by atoms with E-state index in [1.807, 2.05) is 0 Å². The van der Waals surface area contributed by atoms with Gasteiger partial charge in [-0.15, -0.1) is 0 Å². The summed E-state index contributed by atoms with van der Waals surface area (Å²) in [5, 5.41) is 7.70. The number of nitrogens with two attached hydrogens (primary N) is 1. The second-order valence-electron chi connectivity index (χ2n) is 4.57. The summed E-state index contributed by atoms with van der Waals surface area (Å²) in [6.07, 6.45) is 1.62. The standard InChI is InChI=1S/C13H12N4O4S/c1-21-11-6-8(22(14,19)20)2-3-9(11)10-7-17-12(15-10)4-5-13(18)16-17/h2-7H,1H3,(H,16,18)(H2,14,19,20). The Kier molecular flexibility index (Phi) is 3.23. The van der Waals surface area contributed by atoms with Crippen LogP contribution in [0.3, 0.4) is 0 Å². The molecule has 22 heavy (non-hydrogen) atoms. The fourth-order valence-corrected chi connectivity index (χ4v) is 2.63.